The second-order valence-electron chi connectivity index (χ2n) is 4.59. The second-order valence-corrected chi connectivity index (χ2v) is 4.59. The maximum Gasteiger partial charge on any atom is 0.338 e. The van der Waals surface area contributed by atoms with Gasteiger partial charge >= 0.3 is 11.9 Å². The molecular formula is C14H16O4. The van der Waals surface area contributed by atoms with Gasteiger partial charge in [0.15, 0.2) is 0 Å². The van der Waals surface area contributed by atoms with Crippen molar-refractivity contribution in [3.63, 3.8) is 0 Å². The van der Waals surface area contributed by atoms with E-state index in [-0.39, 0.29) is 18.0 Å². The first-order chi connectivity index (χ1) is 8.58. The van der Waals surface area contributed by atoms with Crippen molar-refractivity contribution >= 4 is 11.9 Å². The number of rotatable bonds is 3. The molecule has 1 aromatic rings. The maximum atomic E-state index is 11.8. The minimum atomic E-state index is -0.424. The Morgan fingerprint density at radius 3 is 2.61 bits per heavy atom. The minimum Gasteiger partial charge on any atom is -0.458 e. The highest BCUT2D eigenvalue weighted by atomic mass is 16.6. The van der Waals surface area contributed by atoms with Crippen molar-refractivity contribution < 1.29 is 19.1 Å². The molecule has 1 heterocycles. The second kappa shape index (κ2) is 5.21. The Balaban J connectivity index is 1.94. The van der Waals surface area contributed by atoms with Crippen LogP contribution in [0.3, 0.4) is 0 Å². The molecule has 0 radical (unpaired) electrons. The summed E-state index contributed by atoms with van der Waals surface area (Å²) in [7, 11) is 0. The lowest BCUT2D eigenvalue weighted by atomic mass is 10.0. The number of esters is 2. The fourth-order valence-corrected chi connectivity index (χ4v) is 1.93. The molecule has 2 rings (SSSR count). The molecule has 0 aliphatic carbocycles. The van der Waals surface area contributed by atoms with E-state index in [1.165, 1.54) is 0 Å². The highest BCUT2D eigenvalue weighted by Gasteiger charge is 2.36. The van der Waals surface area contributed by atoms with Gasteiger partial charge in [-0.15, -0.1) is 0 Å². The fourth-order valence-electron chi connectivity index (χ4n) is 1.93. The third-order valence-electron chi connectivity index (χ3n) is 3.08. The zero-order valence-electron chi connectivity index (χ0n) is 10.5. The number of hydrogen-bond donors (Lipinski definition) is 0. The van der Waals surface area contributed by atoms with Crippen LogP contribution in [0.5, 0.6) is 0 Å². The molecule has 1 aromatic carbocycles. The Labute approximate surface area is 106 Å². The topological polar surface area (TPSA) is 52.6 Å². The van der Waals surface area contributed by atoms with Gasteiger partial charge in [0, 0.05) is 6.42 Å². The Morgan fingerprint density at radius 1 is 1.39 bits per heavy atom. The summed E-state index contributed by atoms with van der Waals surface area (Å²) in [6.07, 6.45) is -0.158. The molecule has 0 bridgehead atoms. The van der Waals surface area contributed by atoms with Crippen LogP contribution in [-0.2, 0) is 14.3 Å². The fraction of sp³-hybridized carbons (Fsp3) is 0.429. The van der Waals surface area contributed by atoms with Crippen LogP contribution < -0.4 is 0 Å². The third-order valence-corrected chi connectivity index (χ3v) is 3.08. The average Bonchev–Trinajstić information content (AvgIpc) is 2.71. The predicted molar refractivity (Wildman–Crippen MR) is 65.0 cm³/mol. The lowest BCUT2D eigenvalue weighted by molar-refractivity contribution is -0.147. The molecule has 3 atom stereocenters. The van der Waals surface area contributed by atoms with Crippen LogP contribution in [0.2, 0.25) is 0 Å². The standard InChI is InChI=1S/C14H16O4/c1-9-8-12(18-13(9)15)10(2)17-14(16)11-6-4-3-5-7-11/h3-7,9-10,12H,8H2,1-2H3/t9-,10?,12+/m1/s1. The van der Waals surface area contributed by atoms with E-state index < -0.39 is 12.1 Å². The van der Waals surface area contributed by atoms with Crippen molar-refractivity contribution in [2.45, 2.75) is 32.5 Å². The summed E-state index contributed by atoms with van der Waals surface area (Å²) in [5.41, 5.74) is 0.502. The molecule has 1 aliphatic heterocycles. The molecule has 4 heteroatoms. The number of benzene rings is 1. The normalized spacial score (nSPS) is 24.4. The van der Waals surface area contributed by atoms with Crippen molar-refractivity contribution in [1.29, 1.82) is 0 Å². The summed E-state index contributed by atoms with van der Waals surface area (Å²) in [5, 5.41) is 0. The van der Waals surface area contributed by atoms with Gasteiger partial charge in [-0.25, -0.2) is 4.79 Å². The van der Waals surface area contributed by atoms with Crippen LogP contribution in [0.15, 0.2) is 30.3 Å². The molecule has 0 N–H and O–H groups in total. The quantitative estimate of drug-likeness (QED) is 0.769. The van der Waals surface area contributed by atoms with Gasteiger partial charge in [-0.05, 0) is 19.1 Å². The summed E-state index contributed by atoms with van der Waals surface area (Å²) >= 11 is 0. The summed E-state index contributed by atoms with van der Waals surface area (Å²) < 4.78 is 10.5. The monoisotopic (exact) mass is 248 g/mol. The van der Waals surface area contributed by atoms with E-state index in [1.807, 2.05) is 13.0 Å². The molecule has 0 aromatic heterocycles. The first-order valence-corrected chi connectivity index (χ1v) is 6.04. The first kappa shape index (κ1) is 12.6. The SMILES string of the molecule is CC(OC(=O)c1ccccc1)[C@@H]1C[C@@H](C)C(=O)O1. The average molecular weight is 248 g/mol. The van der Waals surface area contributed by atoms with Crippen LogP contribution in [0.25, 0.3) is 0 Å². The lowest BCUT2D eigenvalue weighted by Gasteiger charge is -2.18. The molecule has 1 saturated heterocycles. The molecule has 0 spiro atoms. The van der Waals surface area contributed by atoms with Crippen molar-refractivity contribution in [2.75, 3.05) is 0 Å². The van der Waals surface area contributed by atoms with E-state index in [1.54, 1.807) is 31.2 Å². The lowest BCUT2D eigenvalue weighted by Crippen LogP contribution is -2.28. The minimum absolute atomic E-state index is 0.118. The largest absolute Gasteiger partial charge is 0.458 e. The van der Waals surface area contributed by atoms with Gasteiger partial charge in [0.2, 0.25) is 0 Å². The van der Waals surface area contributed by atoms with Crippen LogP contribution in [-0.4, -0.2) is 24.1 Å². The molecule has 1 unspecified atom stereocenters. The smallest absolute Gasteiger partial charge is 0.338 e. The molecule has 0 saturated carbocycles. The maximum absolute atomic E-state index is 11.8. The van der Waals surface area contributed by atoms with E-state index >= 15 is 0 Å². The van der Waals surface area contributed by atoms with Crippen LogP contribution in [0.4, 0.5) is 0 Å². The van der Waals surface area contributed by atoms with Crippen molar-refractivity contribution in [3.05, 3.63) is 35.9 Å². The first-order valence-electron chi connectivity index (χ1n) is 6.04. The van der Waals surface area contributed by atoms with Crippen molar-refractivity contribution in [1.82, 2.24) is 0 Å². The number of carbonyl (C=O) groups is 2. The highest BCUT2D eigenvalue weighted by molar-refractivity contribution is 5.89. The summed E-state index contributed by atoms with van der Waals surface area (Å²) in [6.45, 7) is 3.56. The summed E-state index contributed by atoms with van der Waals surface area (Å²) in [6, 6.07) is 8.77. The molecule has 96 valence electrons. The van der Waals surface area contributed by atoms with Gasteiger partial charge in [0.25, 0.3) is 0 Å². The zero-order valence-corrected chi connectivity index (χ0v) is 10.5. The number of cyclic esters (lactones) is 1. The molecule has 18 heavy (non-hydrogen) atoms. The Bertz CT molecular complexity index is 440. The van der Waals surface area contributed by atoms with E-state index in [0.717, 1.165) is 0 Å². The summed E-state index contributed by atoms with van der Waals surface area (Å²) in [4.78, 5) is 23.1. The molecular weight excluding hydrogens is 232 g/mol. The van der Waals surface area contributed by atoms with E-state index in [9.17, 15) is 9.59 Å². The molecule has 0 amide bonds. The number of carbonyl (C=O) groups excluding carboxylic acids is 2. The van der Waals surface area contributed by atoms with Gasteiger partial charge in [0.1, 0.15) is 12.2 Å². The Hall–Kier alpha value is -1.84. The van der Waals surface area contributed by atoms with E-state index in [4.69, 9.17) is 9.47 Å². The zero-order chi connectivity index (χ0) is 13.1. The highest BCUT2D eigenvalue weighted by Crippen LogP contribution is 2.24. The van der Waals surface area contributed by atoms with Gasteiger partial charge in [-0.3, -0.25) is 4.79 Å². The van der Waals surface area contributed by atoms with E-state index in [0.29, 0.717) is 12.0 Å². The predicted octanol–water partition coefficient (Wildman–Crippen LogP) is 2.18. The van der Waals surface area contributed by atoms with Gasteiger partial charge in [-0.2, -0.15) is 0 Å². The van der Waals surface area contributed by atoms with Crippen LogP contribution in [0.1, 0.15) is 30.6 Å². The summed E-state index contributed by atoms with van der Waals surface area (Å²) in [5.74, 6) is -0.728. The van der Waals surface area contributed by atoms with Crippen LogP contribution >= 0.6 is 0 Å². The molecule has 1 fully saturated rings. The third kappa shape index (κ3) is 2.70. The van der Waals surface area contributed by atoms with Crippen LogP contribution in [0, 0.1) is 5.92 Å². The van der Waals surface area contributed by atoms with Gasteiger partial charge in [0.05, 0.1) is 11.5 Å². The van der Waals surface area contributed by atoms with E-state index in [2.05, 4.69) is 0 Å². The van der Waals surface area contributed by atoms with Crippen molar-refractivity contribution in [3.8, 4) is 0 Å². The molecule has 4 nitrogen and oxygen atoms in total. The molecule has 1 aliphatic rings. The Kier molecular flexibility index (Phi) is 3.65. The number of ether oxygens (including phenoxy) is 2. The van der Waals surface area contributed by atoms with Crippen molar-refractivity contribution in [2.24, 2.45) is 5.92 Å². The van der Waals surface area contributed by atoms with Gasteiger partial charge in [-0.1, -0.05) is 25.1 Å². The Morgan fingerprint density at radius 2 is 2.06 bits per heavy atom. The number of hydrogen-bond acceptors (Lipinski definition) is 4. The van der Waals surface area contributed by atoms with Gasteiger partial charge < -0.3 is 9.47 Å².